The normalized spacial score (nSPS) is 25.2. The Hall–Kier alpha value is -0.570. The molecule has 0 radical (unpaired) electrons. The van der Waals surface area contributed by atoms with Crippen LogP contribution in [-0.4, -0.2) is 35.5 Å². The molecule has 0 aromatic heterocycles. The second kappa shape index (κ2) is 3.78. The first-order valence-corrected chi connectivity index (χ1v) is 5.68. The average Bonchev–Trinajstić information content (AvgIpc) is 1.99. The number of carbonyl (C=O) groups is 1. The molecule has 0 spiro atoms. The summed E-state index contributed by atoms with van der Waals surface area (Å²) in [6.45, 7) is 14.6. The number of hydrogen-bond acceptors (Lipinski definition) is 2. The number of nitrogens with zero attached hydrogens (tertiary/aromatic N) is 1. The first-order valence-electron chi connectivity index (χ1n) is 5.68. The van der Waals surface area contributed by atoms with E-state index in [2.05, 4.69) is 51.8 Å². The summed E-state index contributed by atoms with van der Waals surface area (Å²) in [5, 5.41) is 2.96. The van der Waals surface area contributed by atoms with Gasteiger partial charge in [0.2, 0.25) is 5.91 Å². The molecule has 1 rings (SSSR count). The Bertz CT molecular complexity index is 247. The van der Waals surface area contributed by atoms with Crippen LogP contribution in [0.4, 0.5) is 0 Å². The summed E-state index contributed by atoms with van der Waals surface area (Å²) in [5.41, 5.74) is 0.0352. The van der Waals surface area contributed by atoms with Crippen LogP contribution in [0.1, 0.15) is 41.5 Å². The van der Waals surface area contributed by atoms with Crippen LogP contribution in [0.5, 0.6) is 0 Å². The maximum absolute atomic E-state index is 11.9. The smallest absolute Gasteiger partial charge is 0.237 e. The predicted molar refractivity (Wildman–Crippen MR) is 62.7 cm³/mol. The van der Waals surface area contributed by atoms with Crippen molar-refractivity contribution in [1.82, 2.24) is 10.2 Å². The molecule has 3 nitrogen and oxygen atoms in total. The third-order valence-corrected chi connectivity index (χ3v) is 2.89. The van der Waals surface area contributed by atoms with E-state index in [0.717, 1.165) is 13.1 Å². The second-order valence-corrected chi connectivity index (χ2v) is 6.42. The zero-order valence-corrected chi connectivity index (χ0v) is 10.8. The number of carbonyl (C=O) groups excluding carboxylic acids is 1. The molecule has 0 aromatic carbocycles. The Kier molecular flexibility index (Phi) is 3.15. The lowest BCUT2D eigenvalue weighted by atomic mass is 9.82. The Morgan fingerprint density at radius 1 is 1.20 bits per heavy atom. The maximum Gasteiger partial charge on any atom is 0.237 e. The van der Waals surface area contributed by atoms with Gasteiger partial charge in [-0.05, 0) is 26.2 Å². The number of hydrogen-bond donors (Lipinski definition) is 1. The zero-order valence-electron chi connectivity index (χ0n) is 10.8. The molecular weight excluding hydrogens is 188 g/mol. The van der Waals surface area contributed by atoms with Crippen molar-refractivity contribution in [2.75, 3.05) is 13.1 Å². The van der Waals surface area contributed by atoms with Crippen LogP contribution in [0.2, 0.25) is 0 Å². The predicted octanol–water partition coefficient (Wildman–Crippen LogP) is 1.63. The van der Waals surface area contributed by atoms with E-state index in [9.17, 15) is 4.79 Å². The molecular formula is C12H24N2O. The van der Waals surface area contributed by atoms with Crippen LogP contribution in [0.15, 0.2) is 0 Å². The molecule has 1 aliphatic rings. The minimum atomic E-state index is -0.0220. The fraction of sp³-hybridized carbons (Fsp3) is 0.917. The van der Waals surface area contributed by atoms with Crippen molar-refractivity contribution >= 4 is 5.91 Å². The number of rotatable bonds is 0. The molecule has 1 aliphatic heterocycles. The third-order valence-electron chi connectivity index (χ3n) is 2.89. The molecule has 1 atom stereocenters. The SMILES string of the molecule is CC(C)(C)[C@H]1C(=O)NCCN1C(C)(C)C. The molecule has 88 valence electrons. The highest BCUT2D eigenvalue weighted by Gasteiger charge is 2.42. The minimum Gasteiger partial charge on any atom is -0.353 e. The van der Waals surface area contributed by atoms with Crippen molar-refractivity contribution in [3.63, 3.8) is 0 Å². The summed E-state index contributed by atoms with van der Waals surface area (Å²) in [6.07, 6.45) is 0. The number of nitrogens with one attached hydrogen (secondary N) is 1. The maximum atomic E-state index is 11.9. The highest BCUT2D eigenvalue weighted by atomic mass is 16.2. The summed E-state index contributed by atoms with van der Waals surface area (Å²) in [4.78, 5) is 14.3. The molecule has 15 heavy (non-hydrogen) atoms. The van der Waals surface area contributed by atoms with Crippen LogP contribution in [0, 0.1) is 5.41 Å². The number of amides is 1. The van der Waals surface area contributed by atoms with Crippen LogP contribution < -0.4 is 5.32 Å². The van der Waals surface area contributed by atoms with Crippen LogP contribution >= 0.6 is 0 Å². The van der Waals surface area contributed by atoms with Crippen LogP contribution in [-0.2, 0) is 4.79 Å². The Labute approximate surface area is 93.2 Å². The van der Waals surface area contributed by atoms with Gasteiger partial charge in [0.25, 0.3) is 0 Å². The van der Waals surface area contributed by atoms with E-state index < -0.39 is 0 Å². The van der Waals surface area contributed by atoms with Gasteiger partial charge in [0.05, 0.1) is 6.04 Å². The Balaban J connectivity index is 2.98. The van der Waals surface area contributed by atoms with Crippen LogP contribution in [0.25, 0.3) is 0 Å². The lowest BCUT2D eigenvalue weighted by Gasteiger charge is -2.48. The average molecular weight is 212 g/mol. The first-order chi connectivity index (χ1) is 6.64. The molecule has 0 aromatic rings. The standard InChI is InChI=1S/C12H24N2O/c1-11(2,3)9-10(15)13-7-8-14(9)12(4,5)6/h9H,7-8H2,1-6H3,(H,13,15)/t9-/m1/s1. The monoisotopic (exact) mass is 212 g/mol. The van der Waals surface area contributed by atoms with E-state index >= 15 is 0 Å². The molecule has 1 heterocycles. The van der Waals surface area contributed by atoms with Gasteiger partial charge in [-0.25, -0.2) is 0 Å². The van der Waals surface area contributed by atoms with Crippen molar-refractivity contribution in [2.24, 2.45) is 5.41 Å². The van der Waals surface area contributed by atoms with Gasteiger partial charge in [-0.1, -0.05) is 20.8 Å². The molecule has 1 saturated heterocycles. The summed E-state index contributed by atoms with van der Waals surface area (Å²) >= 11 is 0. The zero-order chi connectivity index (χ0) is 11.9. The van der Waals surface area contributed by atoms with Gasteiger partial charge in [0.15, 0.2) is 0 Å². The van der Waals surface area contributed by atoms with Gasteiger partial charge in [0, 0.05) is 18.6 Å². The van der Waals surface area contributed by atoms with Crippen LogP contribution in [0.3, 0.4) is 0 Å². The molecule has 0 unspecified atom stereocenters. The number of piperazine rings is 1. The van der Waals surface area contributed by atoms with Gasteiger partial charge in [-0.2, -0.15) is 0 Å². The van der Waals surface area contributed by atoms with Gasteiger partial charge < -0.3 is 5.32 Å². The molecule has 1 N–H and O–H groups in total. The summed E-state index contributed by atoms with van der Waals surface area (Å²) in [7, 11) is 0. The van der Waals surface area contributed by atoms with E-state index in [-0.39, 0.29) is 22.9 Å². The first kappa shape index (κ1) is 12.5. The second-order valence-electron chi connectivity index (χ2n) is 6.42. The Morgan fingerprint density at radius 2 is 1.73 bits per heavy atom. The van der Waals surface area contributed by atoms with E-state index in [4.69, 9.17) is 0 Å². The summed E-state index contributed by atoms with van der Waals surface area (Å²) in [5.74, 6) is 0.170. The van der Waals surface area contributed by atoms with Gasteiger partial charge in [0.1, 0.15) is 0 Å². The topological polar surface area (TPSA) is 32.3 Å². The fourth-order valence-corrected chi connectivity index (χ4v) is 2.25. The molecule has 0 saturated carbocycles. The summed E-state index contributed by atoms with van der Waals surface area (Å²) < 4.78 is 0. The van der Waals surface area contributed by atoms with E-state index in [1.54, 1.807) is 0 Å². The highest BCUT2D eigenvalue weighted by Crippen LogP contribution is 2.30. The highest BCUT2D eigenvalue weighted by molar-refractivity contribution is 5.83. The van der Waals surface area contributed by atoms with Crippen molar-refractivity contribution in [3.8, 4) is 0 Å². The van der Waals surface area contributed by atoms with E-state index in [0.29, 0.717) is 0 Å². The molecule has 0 aliphatic carbocycles. The fourth-order valence-electron chi connectivity index (χ4n) is 2.25. The van der Waals surface area contributed by atoms with Gasteiger partial charge in [-0.15, -0.1) is 0 Å². The lowest BCUT2D eigenvalue weighted by Crippen LogP contribution is -2.64. The van der Waals surface area contributed by atoms with Gasteiger partial charge >= 0.3 is 0 Å². The third kappa shape index (κ3) is 2.71. The van der Waals surface area contributed by atoms with E-state index in [1.807, 2.05) is 0 Å². The lowest BCUT2D eigenvalue weighted by molar-refractivity contribution is -0.137. The summed E-state index contributed by atoms with van der Waals surface area (Å²) in [6, 6.07) is -0.0220. The van der Waals surface area contributed by atoms with Crippen molar-refractivity contribution in [1.29, 1.82) is 0 Å². The minimum absolute atomic E-state index is 0.0161. The van der Waals surface area contributed by atoms with Crippen molar-refractivity contribution in [2.45, 2.75) is 53.1 Å². The Morgan fingerprint density at radius 3 is 2.07 bits per heavy atom. The quantitative estimate of drug-likeness (QED) is 0.662. The largest absolute Gasteiger partial charge is 0.353 e. The van der Waals surface area contributed by atoms with Crippen molar-refractivity contribution < 1.29 is 4.79 Å². The van der Waals surface area contributed by atoms with Gasteiger partial charge in [-0.3, -0.25) is 9.69 Å². The molecule has 1 amide bonds. The molecule has 0 bridgehead atoms. The molecule has 3 heteroatoms. The van der Waals surface area contributed by atoms with Crippen molar-refractivity contribution in [3.05, 3.63) is 0 Å². The molecule has 1 fully saturated rings. The van der Waals surface area contributed by atoms with E-state index in [1.165, 1.54) is 0 Å².